The molecule has 6 heteroatoms. The first-order chi connectivity index (χ1) is 11.6. The molecule has 24 heavy (non-hydrogen) atoms. The monoisotopic (exact) mass is 341 g/mol. The highest BCUT2D eigenvalue weighted by Crippen LogP contribution is 2.49. The molecule has 0 spiro atoms. The molecule has 0 aromatic heterocycles. The van der Waals surface area contributed by atoms with Gasteiger partial charge in [0.15, 0.2) is 11.5 Å². The summed E-state index contributed by atoms with van der Waals surface area (Å²) in [7, 11) is 3.02. The minimum absolute atomic E-state index is 0.258. The van der Waals surface area contributed by atoms with Gasteiger partial charge in [0, 0.05) is 21.7 Å². The lowest BCUT2D eigenvalue weighted by Crippen LogP contribution is -2.27. The summed E-state index contributed by atoms with van der Waals surface area (Å²) in [5, 5.41) is 5.84. The number of ketones is 1. The first-order valence-electron chi connectivity index (χ1n) is 7.23. The highest BCUT2D eigenvalue weighted by atomic mass is 35.5. The SMILES string of the molecule is COc1cc2c3c(c(Cl)c4ccccc4c3c1OC)NC(=O)C2=O. The molecule has 0 aliphatic carbocycles. The quantitative estimate of drug-likeness (QED) is 0.569. The van der Waals surface area contributed by atoms with Crippen LogP contribution in [0.2, 0.25) is 5.02 Å². The van der Waals surface area contributed by atoms with Gasteiger partial charge < -0.3 is 14.8 Å². The van der Waals surface area contributed by atoms with E-state index in [2.05, 4.69) is 5.32 Å². The third-order valence-corrected chi connectivity index (χ3v) is 4.65. The fraction of sp³-hybridized carbons (Fsp3) is 0.111. The van der Waals surface area contributed by atoms with Crippen molar-refractivity contribution in [1.82, 2.24) is 0 Å². The number of benzene rings is 3. The van der Waals surface area contributed by atoms with Crippen LogP contribution in [0.25, 0.3) is 21.5 Å². The number of halogens is 1. The van der Waals surface area contributed by atoms with Gasteiger partial charge in [0.25, 0.3) is 11.7 Å². The van der Waals surface area contributed by atoms with Crippen LogP contribution >= 0.6 is 11.6 Å². The fourth-order valence-electron chi connectivity index (χ4n) is 3.24. The third-order valence-electron chi connectivity index (χ3n) is 4.26. The van der Waals surface area contributed by atoms with Gasteiger partial charge in [-0.15, -0.1) is 0 Å². The number of methoxy groups -OCH3 is 2. The molecule has 0 atom stereocenters. The van der Waals surface area contributed by atoms with E-state index in [1.807, 2.05) is 24.3 Å². The van der Waals surface area contributed by atoms with Crippen molar-refractivity contribution in [3.63, 3.8) is 0 Å². The summed E-state index contributed by atoms with van der Waals surface area (Å²) >= 11 is 6.51. The van der Waals surface area contributed by atoms with Crippen molar-refractivity contribution in [1.29, 1.82) is 0 Å². The van der Waals surface area contributed by atoms with Gasteiger partial charge in [-0.05, 0) is 11.5 Å². The Morgan fingerprint density at radius 1 is 1.00 bits per heavy atom. The largest absolute Gasteiger partial charge is 0.493 e. The zero-order chi connectivity index (χ0) is 17.0. The number of ether oxygens (including phenoxy) is 2. The van der Waals surface area contributed by atoms with Crippen molar-refractivity contribution < 1.29 is 19.1 Å². The second kappa shape index (κ2) is 5.11. The molecule has 5 nitrogen and oxygen atoms in total. The lowest BCUT2D eigenvalue weighted by Gasteiger charge is -2.23. The van der Waals surface area contributed by atoms with Crippen LogP contribution in [0.15, 0.2) is 30.3 Å². The van der Waals surface area contributed by atoms with Crippen molar-refractivity contribution in [2.24, 2.45) is 0 Å². The summed E-state index contributed by atoms with van der Waals surface area (Å²) in [6, 6.07) is 9.01. The first kappa shape index (κ1) is 14.8. The second-order valence-electron chi connectivity index (χ2n) is 5.43. The highest BCUT2D eigenvalue weighted by molar-refractivity contribution is 6.55. The number of hydrogen-bond donors (Lipinski definition) is 1. The lowest BCUT2D eigenvalue weighted by molar-refractivity contribution is -0.112. The molecule has 1 amide bonds. The van der Waals surface area contributed by atoms with Crippen LogP contribution < -0.4 is 14.8 Å². The third kappa shape index (κ3) is 1.76. The van der Waals surface area contributed by atoms with Gasteiger partial charge in [-0.25, -0.2) is 0 Å². The Balaban J connectivity index is 2.37. The van der Waals surface area contributed by atoms with Crippen LogP contribution in [-0.2, 0) is 4.79 Å². The topological polar surface area (TPSA) is 64.6 Å². The summed E-state index contributed by atoms with van der Waals surface area (Å²) < 4.78 is 10.9. The van der Waals surface area contributed by atoms with Crippen molar-refractivity contribution in [3.05, 3.63) is 40.9 Å². The van der Waals surface area contributed by atoms with E-state index in [9.17, 15) is 9.59 Å². The number of anilines is 1. The number of carbonyl (C=O) groups excluding carboxylic acids is 2. The molecule has 4 rings (SSSR count). The van der Waals surface area contributed by atoms with Gasteiger partial charge in [0.05, 0.1) is 24.9 Å². The Kier molecular flexibility index (Phi) is 3.15. The molecule has 1 heterocycles. The normalized spacial score (nSPS) is 13.3. The Morgan fingerprint density at radius 2 is 1.71 bits per heavy atom. The molecule has 0 unspecified atom stereocenters. The van der Waals surface area contributed by atoms with Crippen LogP contribution in [0.4, 0.5) is 5.69 Å². The molecule has 0 radical (unpaired) electrons. The van der Waals surface area contributed by atoms with E-state index >= 15 is 0 Å². The number of carbonyl (C=O) groups is 2. The molecule has 0 saturated carbocycles. The number of fused-ring (bicyclic) bond motifs is 2. The van der Waals surface area contributed by atoms with Crippen molar-refractivity contribution in [3.8, 4) is 11.5 Å². The van der Waals surface area contributed by atoms with Gasteiger partial charge >= 0.3 is 0 Å². The molecular weight excluding hydrogens is 330 g/mol. The average molecular weight is 342 g/mol. The van der Waals surface area contributed by atoms with E-state index in [1.165, 1.54) is 20.3 Å². The van der Waals surface area contributed by atoms with Crippen molar-refractivity contribution >= 4 is 50.5 Å². The van der Waals surface area contributed by atoms with Gasteiger partial charge in [-0.2, -0.15) is 0 Å². The predicted molar refractivity (Wildman–Crippen MR) is 92.5 cm³/mol. The standard InChI is InChI=1S/C18H12ClNO4/c1-23-11-7-10-12-13(17(11)24-2)8-5-3-4-6-9(8)14(19)15(12)20-18(22)16(10)21/h3-7H,1-2H3,(H,20,22). The van der Waals surface area contributed by atoms with Crippen molar-refractivity contribution in [2.75, 3.05) is 19.5 Å². The molecule has 0 fully saturated rings. The van der Waals surface area contributed by atoms with E-state index in [1.54, 1.807) is 0 Å². The summed E-state index contributed by atoms with van der Waals surface area (Å²) in [6.45, 7) is 0. The van der Waals surface area contributed by atoms with Crippen LogP contribution in [-0.4, -0.2) is 25.9 Å². The summed E-state index contributed by atoms with van der Waals surface area (Å²) in [5.74, 6) is -0.455. The zero-order valence-corrected chi connectivity index (χ0v) is 13.7. The number of nitrogens with one attached hydrogen (secondary N) is 1. The Morgan fingerprint density at radius 3 is 2.38 bits per heavy atom. The molecule has 3 aromatic rings. The second-order valence-corrected chi connectivity index (χ2v) is 5.81. The number of rotatable bonds is 2. The van der Waals surface area contributed by atoms with E-state index in [0.717, 1.165) is 10.8 Å². The van der Waals surface area contributed by atoms with Gasteiger partial charge in [0.1, 0.15) is 0 Å². The minimum Gasteiger partial charge on any atom is -0.493 e. The van der Waals surface area contributed by atoms with Gasteiger partial charge in [-0.3, -0.25) is 9.59 Å². The average Bonchev–Trinajstić information content (AvgIpc) is 2.61. The molecular formula is C18H12ClNO4. The number of Topliss-reactive ketones (excluding diaryl/α,β-unsaturated/α-hetero) is 1. The van der Waals surface area contributed by atoms with Crippen molar-refractivity contribution in [2.45, 2.75) is 0 Å². The Hall–Kier alpha value is -2.79. The number of hydrogen-bond acceptors (Lipinski definition) is 4. The molecule has 0 bridgehead atoms. The smallest absolute Gasteiger partial charge is 0.296 e. The van der Waals surface area contributed by atoms with Crippen LogP contribution in [0.3, 0.4) is 0 Å². The van der Waals surface area contributed by atoms with E-state index < -0.39 is 11.7 Å². The van der Waals surface area contributed by atoms with Crippen LogP contribution in [0, 0.1) is 0 Å². The fourth-order valence-corrected chi connectivity index (χ4v) is 3.54. The maximum absolute atomic E-state index is 12.4. The molecule has 1 aliphatic rings. The Labute approximate surface area is 142 Å². The molecule has 3 aromatic carbocycles. The minimum atomic E-state index is -0.715. The summed E-state index contributed by atoms with van der Waals surface area (Å²) in [5.41, 5.74) is 0.681. The maximum atomic E-state index is 12.4. The zero-order valence-electron chi connectivity index (χ0n) is 12.9. The van der Waals surface area contributed by atoms with Crippen LogP contribution in [0.5, 0.6) is 11.5 Å². The summed E-state index contributed by atoms with van der Waals surface area (Å²) in [6.07, 6.45) is 0. The van der Waals surface area contributed by atoms with E-state index in [0.29, 0.717) is 33.0 Å². The maximum Gasteiger partial charge on any atom is 0.296 e. The molecule has 0 saturated heterocycles. The van der Waals surface area contributed by atoms with E-state index in [4.69, 9.17) is 21.1 Å². The van der Waals surface area contributed by atoms with E-state index in [-0.39, 0.29) is 5.56 Å². The van der Waals surface area contributed by atoms with Gasteiger partial charge in [-0.1, -0.05) is 35.9 Å². The molecule has 1 aliphatic heterocycles. The van der Waals surface area contributed by atoms with Crippen LogP contribution in [0.1, 0.15) is 10.4 Å². The number of amides is 1. The first-order valence-corrected chi connectivity index (χ1v) is 7.60. The molecule has 1 N–H and O–H groups in total. The van der Waals surface area contributed by atoms with Gasteiger partial charge in [0.2, 0.25) is 0 Å². The lowest BCUT2D eigenvalue weighted by atomic mass is 9.91. The molecule has 120 valence electrons. The Bertz CT molecular complexity index is 1060. The summed E-state index contributed by atoms with van der Waals surface area (Å²) in [4.78, 5) is 24.4. The highest BCUT2D eigenvalue weighted by Gasteiger charge is 2.32. The predicted octanol–water partition coefficient (Wildman–Crippen LogP) is 3.80.